The van der Waals surface area contributed by atoms with Gasteiger partial charge in [0, 0.05) is 0 Å². The van der Waals surface area contributed by atoms with Crippen molar-refractivity contribution in [2.24, 2.45) is 0 Å². The third-order valence-corrected chi connectivity index (χ3v) is 2.52. The molecule has 0 fully saturated rings. The summed E-state index contributed by atoms with van der Waals surface area (Å²) in [6, 6.07) is 10.1. The van der Waals surface area contributed by atoms with Crippen molar-refractivity contribution in [3.63, 3.8) is 0 Å². The quantitative estimate of drug-likeness (QED) is 0.518. The maximum absolute atomic E-state index is 5.31. The average molecular weight is 209 g/mol. The van der Waals surface area contributed by atoms with E-state index in [1.165, 1.54) is 5.19 Å². The van der Waals surface area contributed by atoms with E-state index in [0.29, 0.717) is 22.9 Å². The van der Waals surface area contributed by atoms with Crippen molar-refractivity contribution >= 4 is 14.9 Å². The van der Waals surface area contributed by atoms with Gasteiger partial charge in [-0.1, -0.05) is 35.2 Å². The van der Waals surface area contributed by atoms with Crippen LogP contribution in [0.1, 0.15) is 13.8 Å². The molecule has 0 saturated heterocycles. The molecule has 76 valence electrons. The second-order valence-corrected chi connectivity index (χ2v) is 3.74. The Morgan fingerprint density at radius 2 is 1.64 bits per heavy atom. The fourth-order valence-electron chi connectivity index (χ4n) is 0.954. The van der Waals surface area contributed by atoms with Gasteiger partial charge in [0.05, 0.1) is 13.2 Å². The lowest BCUT2D eigenvalue weighted by Gasteiger charge is -2.18. The normalized spacial score (nSPS) is 10.8. The Morgan fingerprint density at radius 1 is 1.07 bits per heavy atom. The largest absolute Gasteiger partial charge is 0.282 e. The van der Waals surface area contributed by atoms with Gasteiger partial charge in [0.2, 0.25) is 0 Å². The number of nitrogens with zero attached hydrogens (tertiary/aromatic N) is 1. The lowest BCUT2D eigenvalue weighted by atomic mass is 10.4. The molecule has 0 aliphatic rings. The maximum Gasteiger partial charge on any atom is 0.260 e. The summed E-state index contributed by atoms with van der Waals surface area (Å²) in [5.41, 5.74) is 0. The van der Waals surface area contributed by atoms with E-state index in [9.17, 15) is 0 Å². The SMILES string of the molecule is CCON(OCC)[Si]c1ccccc1. The molecule has 0 aromatic heterocycles. The second-order valence-electron chi connectivity index (χ2n) is 2.57. The molecule has 1 aromatic carbocycles. The monoisotopic (exact) mass is 209 g/mol. The molecule has 14 heavy (non-hydrogen) atoms. The Morgan fingerprint density at radius 3 is 2.14 bits per heavy atom. The first kappa shape index (κ1) is 11.4. The van der Waals surface area contributed by atoms with Gasteiger partial charge in [0.15, 0.2) is 0 Å². The lowest BCUT2D eigenvalue weighted by molar-refractivity contribution is -0.301. The Bertz CT molecular complexity index is 237. The zero-order chi connectivity index (χ0) is 10.2. The van der Waals surface area contributed by atoms with Crippen LogP contribution >= 0.6 is 0 Å². The molecule has 0 bridgehead atoms. The van der Waals surface area contributed by atoms with E-state index in [-0.39, 0.29) is 0 Å². The summed E-state index contributed by atoms with van der Waals surface area (Å²) in [6.45, 7) is 5.14. The van der Waals surface area contributed by atoms with E-state index in [0.717, 1.165) is 0 Å². The molecule has 0 N–H and O–H groups in total. The Labute approximate surface area is 87.4 Å². The van der Waals surface area contributed by atoms with Gasteiger partial charge in [-0.05, 0) is 19.0 Å². The van der Waals surface area contributed by atoms with Crippen LogP contribution in [0, 0.1) is 0 Å². The summed E-state index contributed by atoms with van der Waals surface area (Å²) in [6.07, 6.45) is 0. The molecule has 0 saturated carbocycles. The minimum Gasteiger partial charge on any atom is -0.282 e. The van der Waals surface area contributed by atoms with Crippen molar-refractivity contribution in [2.75, 3.05) is 13.2 Å². The fourth-order valence-corrected chi connectivity index (χ4v) is 1.89. The van der Waals surface area contributed by atoms with Crippen LogP contribution in [-0.4, -0.2) is 27.8 Å². The van der Waals surface area contributed by atoms with Crippen LogP contribution in [0.5, 0.6) is 0 Å². The minimum absolute atomic E-state index is 0.398. The molecule has 0 aliphatic heterocycles. The van der Waals surface area contributed by atoms with Crippen molar-refractivity contribution in [3.8, 4) is 0 Å². The van der Waals surface area contributed by atoms with Crippen molar-refractivity contribution in [1.29, 1.82) is 0 Å². The summed E-state index contributed by atoms with van der Waals surface area (Å²) in [5.74, 6) is 0. The van der Waals surface area contributed by atoms with Gasteiger partial charge in [0.25, 0.3) is 9.68 Å². The first-order valence-corrected chi connectivity index (χ1v) is 5.69. The zero-order valence-corrected chi connectivity index (χ0v) is 9.56. The molecule has 3 nitrogen and oxygen atoms in total. The topological polar surface area (TPSA) is 21.7 Å². The summed E-state index contributed by atoms with van der Waals surface area (Å²) in [5, 5.41) is 1.20. The van der Waals surface area contributed by atoms with E-state index >= 15 is 0 Å². The standard InChI is InChI=1S/C10H15NO2Si/c1-3-12-11(13-4-2)14-10-8-6-5-7-9-10/h5-9H,3-4H2,1-2H3. The van der Waals surface area contributed by atoms with Crippen LogP contribution < -0.4 is 5.19 Å². The predicted molar refractivity (Wildman–Crippen MR) is 56.9 cm³/mol. The third kappa shape index (κ3) is 4.02. The summed E-state index contributed by atoms with van der Waals surface area (Å²) in [7, 11) is 0.398. The van der Waals surface area contributed by atoms with Gasteiger partial charge >= 0.3 is 0 Å². The average Bonchev–Trinajstić information content (AvgIpc) is 2.20. The van der Waals surface area contributed by atoms with Crippen LogP contribution in [0.15, 0.2) is 30.3 Å². The van der Waals surface area contributed by atoms with E-state index in [4.69, 9.17) is 9.68 Å². The first-order chi connectivity index (χ1) is 6.86. The Hall–Kier alpha value is -0.683. The van der Waals surface area contributed by atoms with Gasteiger partial charge in [-0.2, -0.15) is 0 Å². The molecule has 1 aromatic rings. The van der Waals surface area contributed by atoms with E-state index < -0.39 is 0 Å². The van der Waals surface area contributed by atoms with Gasteiger partial charge in [-0.15, -0.1) is 0 Å². The third-order valence-electron chi connectivity index (χ3n) is 1.49. The number of hydrogen-bond donors (Lipinski definition) is 0. The molecular formula is C10H15NO2Si. The summed E-state index contributed by atoms with van der Waals surface area (Å²) in [4.78, 5) is 12.2. The van der Waals surface area contributed by atoms with E-state index in [1.54, 1.807) is 4.89 Å². The highest BCUT2D eigenvalue weighted by Crippen LogP contribution is 1.91. The van der Waals surface area contributed by atoms with Gasteiger partial charge < -0.3 is 0 Å². The second kappa shape index (κ2) is 6.72. The van der Waals surface area contributed by atoms with E-state index in [2.05, 4.69) is 12.1 Å². The van der Waals surface area contributed by atoms with Crippen LogP contribution in [-0.2, 0) is 9.68 Å². The molecule has 0 heterocycles. The van der Waals surface area contributed by atoms with Crippen LogP contribution in [0.2, 0.25) is 0 Å². The molecule has 0 atom stereocenters. The van der Waals surface area contributed by atoms with Gasteiger partial charge in [-0.3, -0.25) is 9.68 Å². The van der Waals surface area contributed by atoms with Crippen molar-refractivity contribution in [2.45, 2.75) is 13.8 Å². The fraction of sp³-hybridized carbons (Fsp3) is 0.400. The number of hydrogen-bond acceptors (Lipinski definition) is 3. The van der Waals surface area contributed by atoms with Gasteiger partial charge in [0.1, 0.15) is 0 Å². The number of rotatable bonds is 6. The molecule has 0 spiro atoms. The highest BCUT2D eigenvalue weighted by molar-refractivity contribution is 6.49. The molecular weight excluding hydrogens is 194 g/mol. The highest BCUT2D eigenvalue weighted by Gasteiger charge is 2.07. The smallest absolute Gasteiger partial charge is 0.260 e. The van der Waals surface area contributed by atoms with Gasteiger partial charge in [-0.25, -0.2) is 0 Å². The Kier molecular flexibility index (Phi) is 5.47. The van der Waals surface area contributed by atoms with E-state index in [1.807, 2.05) is 32.0 Å². The van der Waals surface area contributed by atoms with Crippen LogP contribution in [0.4, 0.5) is 0 Å². The molecule has 1 rings (SSSR count). The van der Waals surface area contributed by atoms with Crippen molar-refractivity contribution in [1.82, 2.24) is 4.89 Å². The summed E-state index contributed by atoms with van der Waals surface area (Å²) < 4.78 is 0. The van der Waals surface area contributed by atoms with Crippen molar-refractivity contribution in [3.05, 3.63) is 30.3 Å². The molecule has 2 radical (unpaired) electrons. The summed E-state index contributed by atoms with van der Waals surface area (Å²) >= 11 is 0. The first-order valence-electron chi connectivity index (χ1n) is 4.74. The molecule has 0 aliphatic carbocycles. The molecule has 0 amide bonds. The highest BCUT2D eigenvalue weighted by atomic mass is 28.2. The lowest BCUT2D eigenvalue weighted by Crippen LogP contribution is -2.36. The van der Waals surface area contributed by atoms with Crippen LogP contribution in [0.3, 0.4) is 0 Å². The maximum atomic E-state index is 5.31. The van der Waals surface area contributed by atoms with Crippen molar-refractivity contribution < 1.29 is 9.68 Å². The molecule has 4 heteroatoms. The molecule has 0 unspecified atom stereocenters. The predicted octanol–water partition coefficient (Wildman–Crippen LogP) is 1.14. The Balaban J connectivity index is 2.46. The zero-order valence-electron chi connectivity index (χ0n) is 8.56. The van der Waals surface area contributed by atoms with Crippen LogP contribution in [0.25, 0.3) is 0 Å². The minimum atomic E-state index is 0.398. The number of benzene rings is 1.